The number of aromatic nitrogens is 2. The molecule has 0 spiro atoms. The number of carbonyl (C=O) groups excluding carboxylic acids is 1. The molecule has 2 aromatic carbocycles. The van der Waals surface area contributed by atoms with Crippen LogP contribution in [0.2, 0.25) is 5.02 Å². The molecule has 1 N–H and O–H groups in total. The van der Waals surface area contributed by atoms with E-state index in [4.69, 9.17) is 25.8 Å². The summed E-state index contributed by atoms with van der Waals surface area (Å²) < 4.78 is 16.9. The Hall–Kier alpha value is -3.10. The molecule has 1 fully saturated rings. The topological polar surface area (TPSA) is 93.8 Å². The Balaban J connectivity index is 1.47. The van der Waals surface area contributed by atoms with E-state index in [9.17, 15) is 9.59 Å². The maximum absolute atomic E-state index is 13.5. The predicted molar refractivity (Wildman–Crippen MR) is 119 cm³/mol. The van der Waals surface area contributed by atoms with Crippen LogP contribution < -0.4 is 15.0 Å². The fourth-order valence-corrected chi connectivity index (χ4v) is 4.33. The van der Waals surface area contributed by atoms with Gasteiger partial charge in [0.15, 0.2) is 11.5 Å². The van der Waals surface area contributed by atoms with Crippen molar-refractivity contribution < 1.29 is 19.0 Å². The predicted octanol–water partition coefficient (Wildman–Crippen LogP) is 3.17. The Morgan fingerprint density at radius 1 is 1.19 bits per heavy atom. The molecule has 3 heterocycles. The van der Waals surface area contributed by atoms with Gasteiger partial charge in [-0.3, -0.25) is 9.59 Å². The molecule has 0 radical (unpaired) electrons. The molecule has 8 nitrogen and oxygen atoms in total. The van der Waals surface area contributed by atoms with Crippen LogP contribution in [0.4, 0.5) is 0 Å². The average molecular weight is 456 g/mol. The van der Waals surface area contributed by atoms with Gasteiger partial charge < -0.3 is 24.1 Å². The molecular formula is C23H22ClN3O5. The Kier molecular flexibility index (Phi) is 5.71. The molecule has 1 aromatic heterocycles. The first kappa shape index (κ1) is 20.8. The van der Waals surface area contributed by atoms with Gasteiger partial charge in [-0.2, -0.15) is 0 Å². The number of para-hydroxylation sites is 1. The molecule has 166 valence electrons. The number of nitrogens with zero attached hydrogens (tertiary/aromatic N) is 2. The first-order chi connectivity index (χ1) is 15.6. The average Bonchev–Trinajstić information content (AvgIpc) is 3.31. The van der Waals surface area contributed by atoms with Crippen LogP contribution in [0.5, 0.6) is 11.5 Å². The third-order valence-corrected chi connectivity index (χ3v) is 5.86. The number of ether oxygens (including phenoxy) is 3. The molecule has 2 aliphatic rings. The SMILES string of the molecule is O=C(c1cc(Cl)c2c(c1)OCCO2)N(Cc1nc2ccccc2c(=O)[nH]1)C[C@@H]1CCCO1. The van der Waals surface area contributed by atoms with Crippen molar-refractivity contribution >= 4 is 28.4 Å². The highest BCUT2D eigenvalue weighted by molar-refractivity contribution is 6.32. The lowest BCUT2D eigenvalue weighted by Gasteiger charge is -2.26. The fraction of sp³-hybridized carbons (Fsp3) is 0.348. The zero-order valence-electron chi connectivity index (χ0n) is 17.3. The van der Waals surface area contributed by atoms with E-state index in [0.29, 0.717) is 65.2 Å². The molecule has 1 saturated heterocycles. The smallest absolute Gasteiger partial charge is 0.258 e. The molecule has 0 aliphatic carbocycles. The highest BCUT2D eigenvalue weighted by Gasteiger charge is 2.27. The van der Waals surface area contributed by atoms with Crippen LogP contribution in [0.25, 0.3) is 10.9 Å². The van der Waals surface area contributed by atoms with E-state index in [0.717, 1.165) is 12.8 Å². The van der Waals surface area contributed by atoms with Crippen LogP contribution in [0, 0.1) is 0 Å². The van der Waals surface area contributed by atoms with E-state index in [-0.39, 0.29) is 24.1 Å². The molecule has 0 bridgehead atoms. The van der Waals surface area contributed by atoms with Crippen molar-refractivity contribution in [2.45, 2.75) is 25.5 Å². The van der Waals surface area contributed by atoms with Gasteiger partial charge in [-0.1, -0.05) is 23.7 Å². The van der Waals surface area contributed by atoms with Crippen LogP contribution in [0.1, 0.15) is 29.0 Å². The van der Waals surface area contributed by atoms with Crippen LogP contribution in [0.3, 0.4) is 0 Å². The third-order valence-electron chi connectivity index (χ3n) is 5.58. The number of amides is 1. The molecule has 0 unspecified atom stereocenters. The number of rotatable bonds is 5. The Morgan fingerprint density at radius 3 is 2.88 bits per heavy atom. The number of hydrogen-bond donors (Lipinski definition) is 1. The molecule has 1 amide bonds. The minimum absolute atomic E-state index is 0.0705. The summed E-state index contributed by atoms with van der Waals surface area (Å²) in [7, 11) is 0. The van der Waals surface area contributed by atoms with Gasteiger partial charge in [-0.15, -0.1) is 0 Å². The summed E-state index contributed by atoms with van der Waals surface area (Å²) in [6.45, 7) is 1.98. The number of nitrogens with one attached hydrogen (secondary N) is 1. The minimum Gasteiger partial charge on any atom is -0.486 e. The second-order valence-electron chi connectivity index (χ2n) is 7.83. The summed E-state index contributed by atoms with van der Waals surface area (Å²) in [4.78, 5) is 35.0. The van der Waals surface area contributed by atoms with E-state index in [1.165, 1.54) is 0 Å². The van der Waals surface area contributed by atoms with Crippen molar-refractivity contribution in [2.75, 3.05) is 26.4 Å². The van der Waals surface area contributed by atoms with E-state index < -0.39 is 0 Å². The van der Waals surface area contributed by atoms with Gasteiger partial charge in [0, 0.05) is 18.7 Å². The lowest BCUT2D eigenvalue weighted by atomic mass is 10.1. The largest absolute Gasteiger partial charge is 0.486 e. The number of fused-ring (bicyclic) bond motifs is 2. The summed E-state index contributed by atoms with van der Waals surface area (Å²) >= 11 is 6.35. The number of benzene rings is 2. The van der Waals surface area contributed by atoms with Crippen LogP contribution >= 0.6 is 11.6 Å². The molecule has 1 atom stereocenters. The zero-order chi connectivity index (χ0) is 22.1. The van der Waals surface area contributed by atoms with Crippen LogP contribution in [-0.4, -0.2) is 53.2 Å². The summed E-state index contributed by atoms with van der Waals surface area (Å²) in [5.41, 5.74) is 0.719. The van der Waals surface area contributed by atoms with Gasteiger partial charge in [0.05, 0.1) is 28.6 Å². The highest BCUT2D eigenvalue weighted by atomic mass is 35.5. The second-order valence-corrected chi connectivity index (χ2v) is 8.24. The van der Waals surface area contributed by atoms with E-state index in [2.05, 4.69) is 9.97 Å². The maximum atomic E-state index is 13.5. The van der Waals surface area contributed by atoms with E-state index >= 15 is 0 Å². The molecular weight excluding hydrogens is 434 g/mol. The van der Waals surface area contributed by atoms with Crippen LogP contribution in [0.15, 0.2) is 41.2 Å². The first-order valence-electron chi connectivity index (χ1n) is 10.6. The van der Waals surface area contributed by atoms with Gasteiger partial charge in [-0.25, -0.2) is 4.98 Å². The molecule has 32 heavy (non-hydrogen) atoms. The standard InChI is InChI=1S/C23H22ClN3O5/c24-17-10-14(11-19-21(17)32-9-8-31-19)23(29)27(12-15-4-3-7-30-15)13-20-25-18-6-2-1-5-16(18)22(28)26-20/h1-2,5-6,10-11,15H,3-4,7-9,12-13H2,(H,25,26,28)/t15-/m0/s1. The molecule has 2 aliphatic heterocycles. The molecule has 9 heteroatoms. The highest BCUT2D eigenvalue weighted by Crippen LogP contribution is 2.38. The number of aromatic amines is 1. The van der Waals surface area contributed by atoms with Gasteiger partial charge >= 0.3 is 0 Å². The summed E-state index contributed by atoms with van der Waals surface area (Å²) in [6.07, 6.45) is 1.75. The summed E-state index contributed by atoms with van der Waals surface area (Å²) in [6, 6.07) is 10.3. The zero-order valence-corrected chi connectivity index (χ0v) is 18.1. The van der Waals surface area contributed by atoms with Gasteiger partial charge in [0.25, 0.3) is 11.5 Å². The van der Waals surface area contributed by atoms with Gasteiger partial charge in [0.2, 0.25) is 0 Å². The quantitative estimate of drug-likeness (QED) is 0.635. The van der Waals surface area contributed by atoms with Crippen LogP contribution in [-0.2, 0) is 11.3 Å². The Bertz CT molecular complexity index is 1220. The number of hydrogen-bond acceptors (Lipinski definition) is 6. The van der Waals surface area contributed by atoms with E-state index in [1.807, 2.05) is 6.07 Å². The minimum atomic E-state index is -0.254. The molecule has 5 rings (SSSR count). The lowest BCUT2D eigenvalue weighted by Crippen LogP contribution is -2.38. The Morgan fingerprint density at radius 2 is 2.03 bits per heavy atom. The van der Waals surface area contributed by atoms with Gasteiger partial charge in [-0.05, 0) is 37.1 Å². The maximum Gasteiger partial charge on any atom is 0.258 e. The lowest BCUT2D eigenvalue weighted by molar-refractivity contribution is 0.0500. The summed E-state index contributed by atoms with van der Waals surface area (Å²) in [5.74, 6) is 1.04. The Labute approximate surface area is 189 Å². The van der Waals surface area contributed by atoms with Crippen molar-refractivity contribution in [1.29, 1.82) is 0 Å². The number of H-pyrrole nitrogens is 1. The van der Waals surface area contributed by atoms with Crippen molar-refractivity contribution in [3.05, 3.63) is 63.2 Å². The first-order valence-corrected chi connectivity index (χ1v) is 10.9. The molecule has 0 saturated carbocycles. The monoisotopic (exact) mass is 455 g/mol. The van der Waals surface area contributed by atoms with Crippen molar-refractivity contribution in [3.8, 4) is 11.5 Å². The fourth-order valence-electron chi connectivity index (χ4n) is 4.06. The van der Waals surface area contributed by atoms with E-state index in [1.54, 1.807) is 35.2 Å². The second kappa shape index (κ2) is 8.80. The van der Waals surface area contributed by atoms with Crippen molar-refractivity contribution in [3.63, 3.8) is 0 Å². The van der Waals surface area contributed by atoms with Crippen molar-refractivity contribution in [2.24, 2.45) is 0 Å². The molecule has 3 aromatic rings. The van der Waals surface area contributed by atoms with Gasteiger partial charge in [0.1, 0.15) is 19.0 Å². The number of carbonyl (C=O) groups is 1. The third kappa shape index (κ3) is 4.16. The number of halogens is 1. The summed E-state index contributed by atoms with van der Waals surface area (Å²) in [5, 5.41) is 0.826. The normalized spacial score (nSPS) is 17.5. The van der Waals surface area contributed by atoms with Crippen molar-refractivity contribution in [1.82, 2.24) is 14.9 Å².